The number of nitrogens with one attached hydrogen (secondary N) is 1. The fourth-order valence-corrected chi connectivity index (χ4v) is 4.05. The molecule has 6 heteroatoms. The molecule has 1 aromatic carbocycles. The maximum atomic E-state index is 12.0. The summed E-state index contributed by atoms with van der Waals surface area (Å²) in [4.78, 5) is 12.0. The number of nitrogen functional groups attached to an aromatic ring is 1. The summed E-state index contributed by atoms with van der Waals surface area (Å²) < 4.78 is 23.4. The van der Waals surface area contributed by atoms with Crippen molar-refractivity contribution < 1.29 is 13.2 Å². The lowest BCUT2D eigenvalue weighted by molar-refractivity contribution is -0.119. The third-order valence-corrected chi connectivity index (χ3v) is 5.41. The Balaban J connectivity index is 2.06. The van der Waals surface area contributed by atoms with Gasteiger partial charge in [-0.1, -0.05) is 13.0 Å². The van der Waals surface area contributed by atoms with E-state index in [0.717, 1.165) is 30.4 Å². The molecular weight excluding hydrogens is 288 g/mol. The molecule has 1 aromatic rings. The van der Waals surface area contributed by atoms with Gasteiger partial charge in [0.25, 0.3) is 0 Å². The van der Waals surface area contributed by atoms with E-state index in [1.54, 1.807) is 6.92 Å². The summed E-state index contributed by atoms with van der Waals surface area (Å²) in [5.74, 6) is -0.794. The standard InChI is InChI=1S/C15H22N2O3S/c1-2-8-21(19,20)10-15(18)17-14-5-3-4-11-9-12(16)6-7-13(11)14/h6-7,9,14H,2-5,8,10,16H2,1H3,(H,17,18). The lowest BCUT2D eigenvalue weighted by Gasteiger charge is -2.26. The lowest BCUT2D eigenvalue weighted by atomic mass is 9.87. The number of anilines is 1. The van der Waals surface area contributed by atoms with Crippen molar-refractivity contribution in [2.24, 2.45) is 0 Å². The van der Waals surface area contributed by atoms with Crippen molar-refractivity contribution in [2.45, 2.75) is 38.6 Å². The van der Waals surface area contributed by atoms with Gasteiger partial charge in [-0.15, -0.1) is 0 Å². The van der Waals surface area contributed by atoms with Crippen LogP contribution in [0.2, 0.25) is 0 Å². The number of hydrogen-bond donors (Lipinski definition) is 2. The normalized spacial score (nSPS) is 18.0. The Bertz CT molecular complexity index is 626. The van der Waals surface area contributed by atoms with Gasteiger partial charge in [0.2, 0.25) is 5.91 Å². The number of aryl methyl sites for hydroxylation is 1. The second kappa shape index (κ2) is 6.47. The molecule has 116 valence electrons. The van der Waals surface area contributed by atoms with E-state index >= 15 is 0 Å². The van der Waals surface area contributed by atoms with Crippen molar-refractivity contribution in [2.75, 3.05) is 17.2 Å². The number of nitrogens with two attached hydrogens (primary N) is 1. The summed E-state index contributed by atoms with van der Waals surface area (Å²) >= 11 is 0. The van der Waals surface area contributed by atoms with Gasteiger partial charge in [-0.3, -0.25) is 4.79 Å². The summed E-state index contributed by atoms with van der Waals surface area (Å²) in [6, 6.07) is 5.56. The maximum Gasteiger partial charge on any atom is 0.235 e. The van der Waals surface area contributed by atoms with Crippen molar-refractivity contribution in [3.63, 3.8) is 0 Å². The zero-order valence-corrected chi connectivity index (χ0v) is 13.1. The molecule has 21 heavy (non-hydrogen) atoms. The van der Waals surface area contributed by atoms with Gasteiger partial charge in [-0.05, 0) is 48.9 Å². The highest BCUT2D eigenvalue weighted by Gasteiger charge is 2.24. The van der Waals surface area contributed by atoms with Crippen LogP contribution in [-0.2, 0) is 21.1 Å². The Morgan fingerprint density at radius 2 is 2.19 bits per heavy atom. The minimum absolute atomic E-state index is 0.0538. The van der Waals surface area contributed by atoms with E-state index in [0.29, 0.717) is 12.1 Å². The molecule has 0 saturated heterocycles. The van der Waals surface area contributed by atoms with Crippen LogP contribution in [-0.4, -0.2) is 25.8 Å². The third-order valence-electron chi connectivity index (χ3n) is 3.68. The number of benzene rings is 1. The number of rotatable bonds is 5. The van der Waals surface area contributed by atoms with Gasteiger partial charge in [0.05, 0.1) is 11.8 Å². The molecule has 1 aliphatic rings. The van der Waals surface area contributed by atoms with Crippen molar-refractivity contribution in [3.05, 3.63) is 29.3 Å². The van der Waals surface area contributed by atoms with Crippen LogP contribution in [0.3, 0.4) is 0 Å². The largest absolute Gasteiger partial charge is 0.399 e. The SMILES string of the molecule is CCCS(=O)(=O)CC(=O)NC1CCCc2cc(N)ccc21. The van der Waals surface area contributed by atoms with E-state index in [2.05, 4.69) is 5.32 Å². The predicted molar refractivity (Wildman–Crippen MR) is 83.6 cm³/mol. The molecule has 0 bridgehead atoms. The molecule has 0 fully saturated rings. The van der Waals surface area contributed by atoms with Crippen molar-refractivity contribution in [1.82, 2.24) is 5.32 Å². The zero-order valence-electron chi connectivity index (χ0n) is 12.3. The highest BCUT2D eigenvalue weighted by atomic mass is 32.2. The van der Waals surface area contributed by atoms with Crippen LogP contribution >= 0.6 is 0 Å². The highest BCUT2D eigenvalue weighted by Crippen LogP contribution is 2.30. The molecule has 0 aliphatic heterocycles. The first-order valence-electron chi connectivity index (χ1n) is 7.29. The number of fused-ring (bicyclic) bond motifs is 1. The van der Waals surface area contributed by atoms with Gasteiger partial charge in [0, 0.05) is 5.69 Å². The molecule has 1 aliphatic carbocycles. The zero-order chi connectivity index (χ0) is 15.5. The predicted octanol–water partition coefficient (Wildman–Crippen LogP) is 1.59. The minimum atomic E-state index is -3.30. The Kier molecular flexibility index (Phi) is 4.88. The van der Waals surface area contributed by atoms with Crippen molar-refractivity contribution in [1.29, 1.82) is 0 Å². The number of amides is 1. The van der Waals surface area contributed by atoms with Gasteiger partial charge in [-0.2, -0.15) is 0 Å². The third kappa shape index (κ3) is 4.20. The highest BCUT2D eigenvalue weighted by molar-refractivity contribution is 7.92. The van der Waals surface area contributed by atoms with Crippen LogP contribution in [0.1, 0.15) is 43.4 Å². The van der Waals surface area contributed by atoms with Gasteiger partial charge in [0.1, 0.15) is 5.75 Å². The molecule has 1 amide bonds. The second-order valence-electron chi connectivity index (χ2n) is 5.56. The van der Waals surface area contributed by atoms with Crippen LogP contribution < -0.4 is 11.1 Å². The Morgan fingerprint density at radius 1 is 1.43 bits per heavy atom. The molecule has 0 radical (unpaired) electrons. The van der Waals surface area contributed by atoms with Crippen LogP contribution in [0.15, 0.2) is 18.2 Å². The molecular formula is C15H22N2O3S. The van der Waals surface area contributed by atoms with Gasteiger partial charge in [-0.25, -0.2) is 8.42 Å². The Labute approximate surface area is 125 Å². The van der Waals surface area contributed by atoms with E-state index in [4.69, 9.17) is 5.73 Å². The Hall–Kier alpha value is -1.56. The summed E-state index contributed by atoms with van der Waals surface area (Å²) in [6.07, 6.45) is 3.27. The summed E-state index contributed by atoms with van der Waals surface area (Å²) in [6.45, 7) is 1.79. The molecule has 0 heterocycles. The molecule has 5 nitrogen and oxygen atoms in total. The van der Waals surface area contributed by atoms with Crippen LogP contribution in [0.25, 0.3) is 0 Å². The summed E-state index contributed by atoms with van der Waals surface area (Å²) in [5, 5.41) is 2.85. The number of carbonyl (C=O) groups is 1. The minimum Gasteiger partial charge on any atom is -0.399 e. The second-order valence-corrected chi connectivity index (χ2v) is 7.75. The van der Waals surface area contributed by atoms with Crippen molar-refractivity contribution in [3.8, 4) is 0 Å². The smallest absolute Gasteiger partial charge is 0.235 e. The molecule has 2 rings (SSSR count). The molecule has 0 aromatic heterocycles. The van der Waals surface area contributed by atoms with Gasteiger partial charge >= 0.3 is 0 Å². The van der Waals surface area contributed by atoms with Crippen LogP contribution in [0.4, 0.5) is 5.69 Å². The monoisotopic (exact) mass is 310 g/mol. The average molecular weight is 310 g/mol. The average Bonchev–Trinajstić information content (AvgIpc) is 2.37. The van der Waals surface area contributed by atoms with Crippen LogP contribution in [0, 0.1) is 0 Å². The van der Waals surface area contributed by atoms with Gasteiger partial charge < -0.3 is 11.1 Å². The first-order chi connectivity index (χ1) is 9.91. The first kappa shape index (κ1) is 15.8. The number of hydrogen-bond acceptors (Lipinski definition) is 4. The van der Waals surface area contributed by atoms with Gasteiger partial charge in [0.15, 0.2) is 9.84 Å². The van der Waals surface area contributed by atoms with E-state index in [1.165, 1.54) is 0 Å². The van der Waals surface area contributed by atoms with Crippen molar-refractivity contribution >= 4 is 21.4 Å². The fourth-order valence-electron chi connectivity index (χ4n) is 2.80. The lowest BCUT2D eigenvalue weighted by Crippen LogP contribution is -2.35. The molecule has 0 saturated carbocycles. The quantitative estimate of drug-likeness (QED) is 0.808. The fraction of sp³-hybridized carbons (Fsp3) is 0.533. The van der Waals surface area contributed by atoms with E-state index < -0.39 is 21.5 Å². The number of sulfone groups is 1. The van der Waals surface area contributed by atoms with E-state index in [-0.39, 0.29) is 11.8 Å². The molecule has 1 unspecified atom stereocenters. The first-order valence-corrected chi connectivity index (χ1v) is 9.11. The molecule has 3 N–H and O–H groups in total. The Morgan fingerprint density at radius 3 is 2.90 bits per heavy atom. The summed E-state index contributed by atoms with van der Waals surface area (Å²) in [7, 11) is -3.30. The molecule has 0 spiro atoms. The molecule has 1 atom stereocenters. The number of carbonyl (C=O) groups excluding carboxylic acids is 1. The van der Waals surface area contributed by atoms with E-state index in [1.807, 2.05) is 18.2 Å². The maximum absolute atomic E-state index is 12.0. The summed E-state index contributed by atoms with van der Waals surface area (Å²) in [5.41, 5.74) is 8.69. The van der Waals surface area contributed by atoms with E-state index in [9.17, 15) is 13.2 Å². The van der Waals surface area contributed by atoms with Crippen LogP contribution in [0.5, 0.6) is 0 Å². The topological polar surface area (TPSA) is 89.3 Å².